The molecule has 2 N–H and O–H groups in total. The number of hydrogen-bond acceptors (Lipinski definition) is 4. The highest BCUT2D eigenvalue weighted by atomic mass is 19.1. The summed E-state index contributed by atoms with van der Waals surface area (Å²) in [5.74, 6) is -0.408. The van der Waals surface area contributed by atoms with Gasteiger partial charge < -0.3 is 15.0 Å². The van der Waals surface area contributed by atoms with Crippen molar-refractivity contribution in [2.24, 2.45) is 0 Å². The van der Waals surface area contributed by atoms with Crippen LogP contribution in [-0.2, 0) is 11.3 Å². The Morgan fingerprint density at radius 1 is 1.32 bits per heavy atom. The average Bonchev–Trinajstić information content (AvgIpc) is 2.56. The standard InChI is InChI=1S/C17H18FN3O4/c1-20(10-12-5-3-4-6-14(12)18)11-17(22)19-15-8-7-13(21(23)24)9-16(15)25-2/h3-9H,10-11H2,1-2H3,(H,19,22)/p+1. The van der Waals surface area contributed by atoms with Crippen molar-refractivity contribution in [2.75, 3.05) is 26.0 Å². The molecule has 0 aliphatic carbocycles. The van der Waals surface area contributed by atoms with E-state index < -0.39 is 4.92 Å². The summed E-state index contributed by atoms with van der Waals surface area (Å²) in [5, 5.41) is 13.4. The number of anilines is 1. The summed E-state index contributed by atoms with van der Waals surface area (Å²) >= 11 is 0. The van der Waals surface area contributed by atoms with Crippen LogP contribution in [0.4, 0.5) is 15.8 Å². The third-order valence-corrected chi connectivity index (χ3v) is 3.58. The molecule has 0 aliphatic heterocycles. The molecule has 132 valence electrons. The zero-order valence-electron chi connectivity index (χ0n) is 13.9. The van der Waals surface area contributed by atoms with Gasteiger partial charge in [0, 0.05) is 11.6 Å². The lowest BCUT2D eigenvalue weighted by Crippen LogP contribution is -3.08. The van der Waals surface area contributed by atoms with Gasteiger partial charge in [0.2, 0.25) is 0 Å². The Balaban J connectivity index is 2.00. The van der Waals surface area contributed by atoms with Gasteiger partial charge in [0.25, 0.3) is 11.6 Å². The first kappa shape index (κ1) is 18.3. The molecule has 0 aromatic heterocycles. The summed E-state index contributed by atoms with van der Waals surface area (Å²) in [7, 11) is 3.14. The second kappa shape index (κ2) is 8.20. The van der Waals surface area contributed by atoms with Gasteiger partial charge >= 0.3 is 0 Å². The predicted octanol–water partition coefficient (Wildman–Crippen LogP) is 1.40. The van der Waals surface area contributed by atoms with Crippen molar-refractivity contribution in [3.63, 3.8) is 0 Å². The summed E-state index contributed by atoms with van der Waals surface area (Å²) in [4.78, 5) is 23.2. The van der Waals surface area contributed by atoms with Crippen LogP contribution < -0.4 is 15.0 Å². The monoisotopic (exact) mass is 348 g/mol. The molecular weight excluding hydrogens is 329 g/mol. The molecule has 0 bridgehead atoms. The van der Waals surface area contributed by atoms with Crippen LogP contribution in [0.15, 0.2) is 42.5 Å². The number of rotatable bonds is 7. The fourth-order valence-corrected chi connectivity index (χ4v) is 2.39. The molecule has 0 fully saturated rings. The number of benzene rings is 2. The molecule has 0 spiro atoms. The fraction of sp³-hybridized carbons (Fsp3) is 0.235. The van der Waals surface area contributed by atoms with Crippen LogP contribution in [-0.4, -0.2) is 31.5 Å². The molecule has 0 radical (unpaired) electrons. The summed E-state index contributed by atoms with van der Waals surface area (Å²) in [6.07, 6.45) is 0. The maximum atomic E-state index is 13.7. The SMILES string of the molecule is COc1cc([N+](=O)[O-])ccc1NC(=O)C[NH+](C)Cc1ccccc1F. The van der Waals surface area contributed by atoms with Crippen LogP contribution in [0.1, 0.15) is 5.56 Å². The van der Waals surface area contributed by atoms with Gasteiger partial charge in [0.15, 0.2) is 6.54 Å². The lowest BCUT2D eigenvalue weighted by molar-refractivity contribution is -0.885. The van der Waals surface area contributed by atoms with Gasteiger partial charge in [-0.05, 0) is 12.1 Å². The second-order valence-corrected chi connectivity index (χ2v) is 5.59. The molecule has 25 heavy (non-hydrogen) atoms. The number of carbonyl (C=O) groups excluding carboxylic acids is 1. The number of non-ortho nitro benzene ring substituents is 1. The molecule has 0 aliphatic rings. The van der Waals surface area contributed by atoms with E-state index in [0.29, 0.717) is 17.8 Å². The molecule has 7 nitrogen and oxygen atoms in total. The van der Waals surface area contributed by atoms with E-state index in [1.165, 1.54) is 31.4 Å². The highest BCUT2D eigenvalue weighted by molar-refractivity contribution is 5.93. The van der Waals surface area contributed by atoms with E-state index >= 15 is 0 Å². The van der Waals surface area contributed by atoms with Crippen LogP contribution in [0.2, 0.25) is 0 Å². The van der Waals surface area contributed by atoms with E-state index in [4.69, 9.17) is 4.74 Å². The number of methoxy groups -OCH3 is 1. The van der Waals surface area contributed by atoms with E-state index in [9.17, 15) is 19.3 Å². The number of nitrogens with zero attached hydrogens (tertiary/aromatic N) is 1. The van der Waals surface area contributed by atoms with Gasteiger partial charge in [-0.2, -0.15) is 0 Å². The Morgan fingerprint density at radius 2 is 2.04 bits per heavy atom. The first-order valence-electron chi connectivity index (χ1n) is 7.57. The average molecular weight is 348 g/mol. The fourth-order valence-electron chi connectivity index (χ4n) is 2.39. The molecular formula is C17H19FN3O4+. The smallest absolute Gasteiger partial charge is 0.279 e. The van der Waals surface area contributed by atoms with Gasteiger partial charge in [-0.25, -0.2) is 4.39 Å². The highest BCUT2D eigenvalue weighted by Gasteiger charge is 2.16. The number of nitro benzene ring substituents is 1. The van der Waals surface area contributed by atoms with E-state index in [2.05, 4.69) is 5.32 Å². The molecule has 1 amide bonds. The number of quaternary nitrogens is 1. The minimum absolute atomic E-state index is 0.106. The summed E-state index contributed by atoms with van der Waals surface area (Å²) in [6, 6.07) is 10.4. The van der Waals surface area contributed by atoms with Crippen molar-refractivity contribution in [3.8, 4) is 5.75 Å². The number of ether oxygens (including phenoxy) is 1. The summed E-state index contributed by atoms with van der Waals surface area (Å²) in [5.41, 5.74) is 0.745. The number of amides is 1. The molecule has 8 heteroatoms. The van der Waals surface area contributed by atoms with Crippen molar-refractivity contribution < 1.29 is 23.7 Å². The first-order chi connectivity index (χ1) is 11.9. The Kier molecular flexibility index (Phi) is 6.02. The summed E-state index contributed by atoms with van der Waals surface area (Å²) in [6.45, 7) is 0.464. The van der Waals surface area contributed by atoms with Crippen LogP contribution in [0, 0.1) is 15.9 Å². The highest BCUT2D eigenvalue weighted by Crippen LogP contribution is 2.28. The minimum Gasteiger partial charge on any atom is -0.494 e. The third-order valence-electron chi connectivity index (χ3n) is 3.58. The predicted molar refractivity (Wildman–Crippen MR) is 90.1 cm³/mol. The van der Waals surface area contributed by atoms with E-state index in [0.717, 1.165) is 4.90 Å². The molecule has 0 saturated carbocycles. The second-order valence-electron chi connectivity index (χ2n) is 5.59. The lowest BCUT2D eigenvalue weighted by Gasteiger charge is -2.15. The molecule has 0 saturated heterocycles. The van der Waals surface area contributed by atoms with Crippen LogP contribution in [0.3, 0.4) is 0 Å². The molecule has 1 unspecified atom stereocenters. The number of nitrogens with one attached hydrogen (secondary N) is 2. The maximum Gasteiger partial charge on any atom is 0.279 e. The Labute approximate surface area is 144 Å². The van der Waals surface area contributed by atoms with Crippen LogP contribution in [0.5, 0.6) is 5.75 Å². The first-order valence-corrected chi connectivity index (χ1v) is 7.57. The van der Waals surface area contributed by atoms with Crippen LogP contribution in [0.25, 0.3) is 0 Å². The van der Waals surface area contributed by atoms with Gasteiger partial charge in [0.05, 0.1) is 30.8 Å². The number of halogens is 1. The van der Waals surface area contributed by atoms with E-state index in [-0.39, 0.29) is 29.7 Å². The number of likely N-dealkylation sites (N-methyl/N-ethyl adjacent to an activating group) is 1. The van der Waals surface area contributed by atoms with Crippen molar-refractivity contribution >= 4 is 17.3 Å². The maximum absolute atomic E-state index is 13.7. The van der Waals surface area contributed by atoms with E-state index in [1.807, 2.05) is 0 Å². The quantitative estimate of drug-likeness (QED) is 0.585. The van der Waals surface area contributed by atoms with Gasteiger partial charge in [0.1, 0.15) is 18.1 Å². The van der Waals surface area contributed by atoms with Crippen molar-refractivity contribution in [1.82, 2.24) is 0 Å². The molecule has 2 aromatic rings. The van der Waals surface area contributed by atoms with Gasteiger partial charge in [-0.1, -0.05) is 18.2 Å². The van der Waals surface area contributed by atoms with Gasteiger partial charge in [-0.3, -0.25) is 14.9 Å². The van der Waals surface area contributed by atoms with Crippen molar-refractivity contribution in [1.29, 1.82) is 0 Å². The largest absolute Gasteiger partial charge is 0.494 e. The molecule has 2 aromatic carbocycles. The Hall–Kier alpha value is -3.00. The third kappa shape index (κ3) is 4.98. The van der Waals surface area contributed by atoms with Crippen LogP contribution >= 0.6 is 0 Å². The summed E-state index contributed by atoms with van der Waals surface area (Å²) < 4.78 is 18.7. The Bertz CT molecular complexity index is 782. The minimum atomic E-state index is -0.541. The van der Waals surface area contributed by atoms with Gasteiger partial charge in [-0.15, -0.1) is 0 Å². The van der Waals surface area contributed by atoms with Crippen molar-refractivity contribution in [3.05, 3.63) is 64.0 Å². The number of carbonyl (C=O) groups is 1. The zero-order chi connectivity index (χ0) is 18.4. The lowest BCUT2D eigenvalue weighted by atomic mass is 10.2. The number of hydrogen-bond donors (Lipinski definition) is 2. The zero-order valence-corrected chi connectivity index (χ0v) is 13.9. The Morgan fingerprint density at radius 3 is 2.68 bits per heavy atom. The topological polar surface area (TPSA) is 85.9 Å². The molecule has 2 rings (SSSR count). The van der Waals surface area contributed by atoms with Crippen molar-refractivity contribution in [2.45, 2.75) is 6.54 Å². The molecule has 0 heterocycles. The van der Waals surface area contributed by atoms with E-state index in [1.54, 1.807) is 25.2 Å². The normalized spacial score (nSPS) is 11.6. The molecule has 1 atom stereocenters. The number of nitro groups is 1.